The maximum absolute atomic E-state index is 13.6. The number of imidazole rings is 1. The number of hydrogen-bond donors (Lipinski definition) is 0. The van der Waals surface area contributed by atoms with Crippen LogP contribution in [0.2, 0.25) is 19.6 Å². The van der Waals surface area contributed by atoms with Gasteiger partial charge in [0.25, 0.3) is 0 Å². The molecule has 2 aromatic heterocycles. The largest absolute Gasteiger partial charge is 0.304 e. The Morgan fingerprint density at radius 3 is 2.81 bits per heavy atom. The summed E-state index contributed by atoms with van der Waals surface area (Å²) in [5.41, 5.74) is 4.30. The first-order valence-corrected chi connectivity index (χ1v) is 8.61. The molecule has 2 heterocycles. The number of pyridine rings is 1. The summed E-state index contributed by atoms with van der Waals surface area (Å²) in [6.45, 7) is 6.39. The van der Waals surface area contributed by atoms with Crippen LogP contribution >= 0.6 is 0 Å². The van der Waals surface area contributed by atoms with E-state index in [0.717, 1.165) is 5.65 Å². The molecule has 0 fully saturated rings. The van der Waals surface area contributed by atoms with E-state index < -0.39 is 8.07 Å². The van der Waals surface area contributed by atoms with Crippen molar-refractivity contribution in [2.45, 2.75) is 19.6 Å². The molecular weight excluding hydrogens is 219 g/mol. The van der Waals surface area contributed by atoms with Gasteiger partial charge in [0.15, 0.2) is 5.82 Å². The summed E-state index contributed by atoms with van der Waals surface area (Å²) in [6, 6.07) is 1.68. The quantitative estimate of drug-likeness (QED) is 0.504. The van der Waals surface area contributed by atoms with Crippen LogP contribution in [0.25, 0.3) is 5.65 Å². The van der Waals surface area contributed by atoms with Crippen LogP contribution in [0.15, 0.2) is 24.7 Å². The van der Waals surface area contributed by atoms with E-state index >= 15 is 0 Å². The molecule has 0 aliphatic rings. The molecule has 2 aromatic rings. The summed E-state index contributed by atoms with van der Waals surface area (Å²) in [5, 5.41) is 0. The fraction of sp³-hybridized carbons (Fsp3) is 0.250. The number of aromatic nitrogens is 2. The molecular formula is C12H13FN2Si. The third-order valence-electron chi connectivity index (χ3n) is 2.05. The lowest BCUT2D eigenvalue weighted by Crippen LogP contribution is -2.16. The molecule has 0 unspecified atom stereocenters. The zero-order valence-electron chi connectivity index (χ0n) is 9.58. The van der Waals surface area contributed by atoms with Gasteiger partial charge in [-0.15, -0.1) is 5.54 Å². The van der Waals surface area contributed by atoms with E-state index in [1.165, 1.54) is 6.20 Å². The summed E-state index contributed by atoms with van der Waals surface area (Å²) < 4.78 is 15.3. The fourth-order valence-corrected chi connectivity index (χ4v) is 1.80. The second kappa shape index (κ2) is 3.76. The smallest absolute Gasteiger partial charge is 0.155 e. The Hall–Kier alpha value is -1.60. The van der Waals surface area contributed by atoms with Gasteiger partial charge < -0.3 is 4.40 Å². The zero-order valence-corrected chi connectivity index (χ0v) is 10.6. The minimum absolute atomic E-state index is 0.295. The summed E-state index contributed by atoms with van der Waals surface area (Å²) >= 11 is 0. The first kappa shape index (κ1) is 10.9. The van der Waals surface area contributed by atoms with E-state index in [2.05, 4.69) is 36.1 Å². The second-order valence-electron chi connectivity index (χ2n) is 4.73. The van der Waals surface area contributed by atoms with Gasteiger partial charge in [-0.2, -0.15) is 0 Å². The molecule has 82 valence electrons. The predicted octanol–water partition coefficient (Wildman–Crippen LogP) is 2.70. The maximum Gasteiger partial charge on any atom is 0.155 e. The fourth-order valence-electron chi connectivity index (χ4n) is 1.29. The van der Waals surface area contributed by atoms with E-state index in [-0.39, 0.29) is 5.82 Å². The lowest BCUT2D eigenvalue weighted by molar-refractivity contribution is 0.616. The minimum atomic E-state index is -1.47. The molecule has 0 N–H and O–H groups in total. The minimum Gasteiger partial charge on any atom is -0.304 e. The molecule has 0 atom stereocenters. The number of nitrogens with zero attached hydrogens (tertiary/aromatic N) is 2. The Morgan fingerprint density at radius 1 is 1.38 bits per heavy atom. The van der Waals surface area contributed by atoms with Gasteiger partial charge in [-0.3, -0.25) is 0 Å². The lowest BCUT2D eigenvalue weighted by Gasteiger charge is -2.03. The Morgan fingerprint density at radius 2 is 2.12 bits per heavy atom. The third kappa shape index (κ3) is 2.31. The molecule has 4 heteroatoms. The van der Waals surface area contributed by atoms with Gasteiger partial charge in [0.1, 0.15) is 13.7 Å². The van der Waals surface area contributed by atoms with Crippen molar-refractivity contribution >= 4 is 13.7 Å². The number of halogens is 1. The van der Waals surface area contributed by atoms with Gasteiger partial charge in [0.2, 0.25) is 0 Å². The molecule has 16 heavy (non-hydrogen) atoms. The van der Waals surface area contributed by atoms with Gasteiger partial charge in [0.05, 0.1) is 5.56 Å². The van der Waals surface area contributed by atoms with Crippen LogP contribution in [0, 0.1) is 17.3 Å². The van der Waals surface area contributed by atoms with Gasteiger partial charge in [-0.05, 0) is 6.07 Å². The number of rotatable bonds is 0. The van der Waals surface area contributed by atoms with Crippen LogP contribution in [0.5, 0.6) is 0 Å². The van der Waals surface area contributed by atoms with E-state index in [9.17, 15) is 4.39 Å². The van der Waals surface area contributed by atoms with Crippen molar-refractivity contribution in [3.8, 4) is 11.5 Å². The van der Waals surface area contributed by atoms with Gasteiger partial charge in [-0.25, -0.2) is 9.37 Å². The molecule has 0 aliphatic carbocycles. The van der Waals surface area contributed by atoms with Crippen LogP contribution in [-0.2, 0) is 0 Å². The zero-order chi connectivity index (χ0) is 11.8. The third-order valence-corrected chi connectivity index (χ3v) is 2.93. The van der Waals surface area contributed by atoms with E-state index in [4.69, 9.17) is 0 Å². The highest BCUT2D eigenvalue weighted by Crippen LogP contribution is 2.10. The normalized spacial score (nSPS) is 11.2. The van der Waals surface area contributed by atoms with Crippen molar-refractivity contribution in [2.24, 2.45) is 0 Å². The Balaban J connectivity index is 2.50. The Bertz CT molecular complexity index is 584. The highest BCUT2D eigenvalue weighted by molar-refractivity contribution is 6.83. The molecule has 0 bridgehead atoms. The van der Waals surface area contributed by atoms with Crippen LogP contribution in [0.4, 0.5) is 4.39 Å². The van der Waals surface area contributed by atoms with Gasteiger partial charge >= 0.3 is 0 Å². The molecule has 0 radical (unpaired) electrons. The molecule has 0 aromatic carbocycles. The lowest BCUT2D eigenvalue weighted by atomic mass is 10.2. The average Bonchev–Trinajstić information content (AvgIpc) is 2.59. The molecule has 0 spiro atoms. The van der Waals surface area contributed by atoms with Crippen molar-refractivity contribution in [2.75, 3.05) is 0 Å². The summed E-state index contributed by atoms with van der Waals surface area (Å²) in [5.74, 6) is 2.62. The highest BCUT2D eigenvalue weighted by Gasteiger charge is 2.09. The van der Waals surface area contributed by atoms with Crippen LogP contribution in [-0.4, -0.2) is 17.5 Å². The predicted molar refractivity (Wildman–Crippen MR) is 65.4 cm³/mol. The van der Waals surface area contributed by atoms with E-state index in [1.54, 1.807) is 22.9 Å². The SMILES string of the molecule is C[Si](C)(C)C#Cc1cc2nccn2cc1F. The average molecular weight is 232 g/mol. The summed E-state index contributed by atoms with van der Waals surface area (Å²) in [7, 11) is -1.47. The van der Waals surface area contributed by atoms with Gasteiger partial charge in [0, 0.05) is 18.6 Å². The molecule has 0 amide bonds. The van der Waals surface area contributed by atoms with Crippen LogP contribution < -0.4 is 0 Å². The molecule has 2 nitrogen and oxygen atoms in total. The monoisotopic (exact) mass is 232 g/mol. The van der Waals surface area contributed by atoms with Crippen molar-refractivity contribution in [3.05, 3.63) is 36.0 Å². The molecule has 0 saturated carbocycles. The second-order valence-corrected chi connectivity index (χ2v) is 9.48. The van der Waals surface area contributed by atoms with Crippen LogP contribution in [0.1, 0.15) is 5.56 Å². The van der Waals surface area contributed by atoms with E-state index in [1.807, 2.05) is 0 Å². The van der Waals surface area contributed by atoms with Crippen molar-refractivity contribution in [1.82, 2.24) is 9.38 Å². The molecule has 0 aliphatic heterocycles. The van der Waals surface area contributed by atoms with Crippen molar-refractivity contribution in [1.29, 1.82) is 0 Å². The molecule has 0 saturated heterocycles. The van der Waals surface area contributed by atoms with Crippen LogP contribution in [0.3, 0.4) is 0 Å². The van der Waals surface area contributed by atoms with Crippen molar-refractivity contribution < 1.29 is 4.39 Å². The summed E-state index contributed by atoms with van der Waals surface area (Å²) in [4.78, 5) is 4.10. The van der Waals surface area contributed by atoms with Crippen molar-refractivity contribution in [3.63, 3.8) is 0 Å². The number of hydrogen-bond acceptors (Lipinski definition) is 1. The standard InChI is InChI=1S/C12H13FN2Si/c1-16(2,3)7-4-10-8-12-14-5-6-15(12)9-11(10)13/h5-6,8-9H,1-3H3. The highest BCUT2D eigenvalue weighted by atomic mass is 28.3. The topological polar surface area (TPSA) is 17.3 Å². The first-order chi connectivity index (χ1) is 7.46. The summed E-state index contributed by atoms with van der Waals surface area (Å²) in [6.07, 6.45) is 4.77. The number of fused-ring (bicyclic) bond motifs is 1. The molecule has 2 rings (SSSR count). The van der Waals surface area contributed by atoms with E-state index in [0.29, 0.717) is 5.56 Å². The Kier molecular flexibility index (Phi) is 2.56. The Labute approximate surface area is 95.1 Å². The van der Waals surface area contributed by atoms with Gasteiger partial charge in [-0.1, -0.05) is 25.6 Å². The maximum atomic E-state index is 13.6. The first-order valence-electron chi connectivity index (χ1n) is 5.11.